The Morgan fingerprint density at radius 3 is 2.22 bits per heavy atom. The van der Waals surface area contributed by atoms with Crippen LogP contribution in [0.5, 0.6) is 23.0 Å². The third kappa shape index (κ3) is 5.95. The summed E-state index contributed by atoms with van der Waals surface area (Å²) >= 11 is 0. The number of hydrogen-bond acceptors (Lipinski definition) is 3. The molecule has 0 amide bonds. The van der Waals surface area contributed by atoms with Gasteiger partial charge in [0.15, 0.2) is 0 Å². The van der Waals surface area contributed by atoms with E-state index >= 15 is 0 Å². The first-order valence-corrected chi connectivity index (χ1v) is 18.0. The molecule has 9 aromatic rings. The van der Waals surface area contributed by atoms with Crippen LogP contribution in [0.15, 0.2) is 140 Å². The van der Waals surface area contributed by atoms with Crippen molar-refractivity contribution in [3.8, 4) is 34.5 Å². The number of imidazole rings is 1. The van der Waals surface area contributed by atoms with Gasteiger partial charge in [-0.15, -0.1) is 29.7 Å². The maximum atomic E-state index is 8.31. The molecule has 1 aliphatic heterocycles. The smallest absolute Gasteiger partial charge is 0.242 e. The maximum absolute atomic E-state index is 8.31. The van der Waals surface area contributed by atoms with Gasteiger partial charge in [0.1, 0.15) is 17.3 Å². The number of para-hydroxylation sites is 5. The minimum Gasteiger partial charge on any atom is -0.510 e. The van der Waals surface area contributed by atoms with E-state index in [1.807, 2.05) is 91.1 Å². The van der Waals surface area contributed by atoms with Crippen LogP contribution >= 0.6 is 0 Å². The Balaban J connectivity index is 0.00000436. The molecule has 55 heavy (non-hydrogen) atoms. The summed E-state index contributed by atoms with van der Waals surface area (Å²) in [5.41, 5.74) is 7.64. The van der Waals surface area contributed by atoms with Crippen LogP contribution in [-0.4, -0.2) is 20.8 Å². The minimum absolute atomic E-state index is 0. The van der Waals surface area contributed by atoms with Crippen molar-refractivity contribution >= 4 is 55.9 Å². The SMILES string of the molecule is [2H]C([2H])([2H])[n+]1[c-]n(-c2[c-]c(Oc3[c-]c4c(cc3)c3ccccc3n4-c3cc(C(C)(C)C)ccn3)cc(B3c4ccccc4Oc4ccccc43)c2)c2ccccc21.[Pt]. The number of ether oxygens (including phenoxy) is 2. The van der Waals surface area contributed by atoms with Gasteiger partial charge in [0.25, 0.3) is 0 Å². The van der Waals surface area contributed by atoms with Crippen LogP contribution in [0.3, 0.4) is 0 Å². The number of rotatable bonds is 5. The summed E-state index contributed by atoms with van der Waals surface area (Å²) in [7, 11) is 0. The molecule has 0 bridgehead atoms. The van der Waals surface area contributed by atoms with Gasteiger partial charge in [-0.1, -0.05) is 111 Å². The fourth-order valence-electron chi connectivity index (χ4n) is 7.69. The standard InChI is InChI=1S/C47H35BN4O2.Pt/c1-47(2,3)31-23-24-49-46(25-31)52-40-16-8-5-13-36(40)37-22-21-34(29-43(37)52)53-35-27-32(26-33(28-35)51-30-50(4)41-17-9-10-18-42(41)51)48-38-14-6-11-19-44(38)54-45-20-12-7-15-39(45)48;/h5-27H,1-4H3;/q-2;/i4D3;. The largest absolute Gasteiger partial charge is 0.510 e. The summed E-state index contributed by atoms with van der Waals surface area (Å²) < 4.78 is 43.2. The number of aromatic nitrogens is 4. The molecule has 0 saturated heterocycles. The van der Waals surface area contributed by atoms with Crippen molar-refractivity contribution in [2.75, 3.05) is 0 Å². The molecule has 0 radical (unpaired) electrons. The second-order valence-electron chi connectivity index (χ2n) is 14.7. The first-order valence-electron chi connectivity index (χ1n) is 19.5. The maximum Gasteiger partial charge on any atom is 0.242 e. The molecule has 8 heteroatoms. The Labute approximate surface area is 339 Å². The minimum atomic E-state index is -2.45. The van der Waals surface area contributed by atoms with E-state index in [4.69, 9.17) is 18.6 Å². The summed E-state index contributed by atoms with van der Waals surface area (Å²) in [6.45, 7) is 3.91. The first-order chi connectivity index (χ1) is 27.5. The van der Waals surface area contributed by atoms with Gasteiger partial charge in [-0.3, -0.25) is 0 Å². The predicted octanol–water partition coefficient (Wildman–Crippen LogP) is 8.06. The Bertz CT molecular complexity index is 3000. The third-order valence-electron chi connectivity index (χ3n) is 10.3. The van der Waals surface area contributed by atoms with Crippen molar-refractivity contribution in [3.05, 3.63) is 164 Å². The number of nitrogens with zero attached hydrogens (tertiary/aromatic N) is 4. The molecule has 0 unspecified atom stereocenters. The monoisotopic (exact) mass is 896 g/mol. The molecule has 1 aliphatic rings. The molecular weight excluding hydrogens is 858 g/mol. The van der Waals surface area contributed by atoms with Gasteiger partial charge in [-0.2, -0.15) is 17.6 Å². The van der Waals surface area contributed by atoms with Crippen molar-refractivity contribution in [2.45, 2.75) is 26.2 Å². The molecule has 0 N–H and O–H groups in total. The fourth-order valence-corrected chi connectivity index (χ4v) is 7.69. The molecule has 6 aromatic carbocycles. The Morgan fingerprint density at radius 1 is 0.745 bits per heavy atom. The molecule has 0 atom stereocenters. The van der Waals surface area contributed by atoms with E-state index in [2.05, 4.69) is 86.3 Å². The van der Waals surface area contributed by atoms with Crippen molar-refractivity contribution in [2.24, 2.45) is 6.98 Å². The Hall–Kier alpha value is -5.91. The van der Waals surface area contributed by atoms with Crippen LogP contribution in [0.4, 0.5) is 0 Å². The van der Waals surface area contributed by atoms with Gasteiger partial charge in [-0.25, -0.2) is 4.98 Å². The molecule has 4 heterocycles. The topological polar surface area (TPSA) is 45.1 Å². The normalized spacial score (nSPS) is 13.4. The van der Waals surface area contributed by atoms with Crippen LogP contribution in [0.1, 0.15) is 30.4 Å². The van der Waals surface area contributed by atoms with Crippen molar-refractivity contribution < 1.29 is 39.2 Å². The van der Waals surface area contributed by atoms with Crippen LogP contribution in [0.2, 0.25) is 0 Å². The molecular formula is C47H35BN4O2Pt-2. The zero-order valence-corrected chi connectivity index (χ0v) is 32.6. The van der Waals surface area contributed by atoms with Crippen LogP contribution < -0.4 is 30.4 Å². The Morgan fingerprint density at radius 2 is 1.45 bits per heavy atom. The van der Waals surface area contributed by atoms with E-state index in [9.17, 15) is 0 Å². The van der Waals surface area contributed by atoms with Gasteiger partial charge in [0, 0.05) is 44.3 Å². The van der Waals surface area contributed by atoms with Gasteiger partial charge in [0.05, 0.1) is 22.1 Å². The molecule has 3 aromatic heterocycles. The van der Waals surface area contributed by atoms with Crippen LogP contribution in [0, 0.1) is 18.5 Å². The molecule has 0 saturated carbocycles. The summed E-state index contributed by atoms with van der Waals surface area (Å²) in [5.74, 6) is 3.26. The Kier molecular flexibility index (Phi) is 7.68. The van der Waals surface area contributed by atoms with Gasteiger partial charge in [0.2, 0.25) is 13.0 Å². The van der Waals surface area contributed by atoms with Gasteiger partial charge < -0.3 is 23.2 Å². The summed E-state index contributed by atoms with van der Waals surface area (Å²) in [4.78, 5) is 4.84. The van der Waals surface area contributed by atoms with Crippen LogP contribution in [-0.2, 0) is 33.5 Å². The molecule has 10 rings (SSSR count). The molecule has 0 aliphatic carbocycles. The van der Waals surface area contributed by atoms with Crippen molar-refractivity contribution in [1.82, 2.24) is 14.1 Å². The van der Waals surface area contributed by atoms with Gasteiger partial charge in [-0.05, 0) is 57.6 Å². The quantitative estimate of drug-likeness (QED) is 0.0999. The molecule has 6 nitrogen and oxygen atoms in total. The summed E-state index contributed by atoms with van der Waals surface area (Å²) in [6.07, 6.45) is 4.99. The summed E-state index contributed by atoms with van der Waals surface area (Å²) in [6, 6.07) is 51.1. The zero-order chi connectivity index (χ0) is 39.1. The number of fused-ring (bicyclic) bond motifs is 6. The van der Waals surface area contributed by atoms with E-state index in [-0.39, 0.29) is 33.2 Å². The average Bonchev–Trinajstić information content (AvgIpc) is 3.76. The number of pyridine rings is 1. The van der Waals surface area contributed by atoms with Crippen LogP contribution in [0.25, 0.3) is 44.3 Å². The second-order valence-corrected chi connectivity index (χ2v) is 14.7. The van der Waals surface area contributed by atoms with E-state index in [1.54, 1.807) is 10.6 Å². The van der Waals surface area contributed by atoms with E-state index in [1.165, 1.54) is 10.1 Å². The number of hydrogen-bond donors (Lipinski definition) is 0. The molecule has 0 fully saturated rings. The average molecular weight is 897 g/mol. The van der Waals surface area contributed by atoms with Crippen molar-refractivity contribution in [1.29, 1.82) is 0 Å². The molecule has 0 spiro atoms. The van der Waals surface area contributed by atoms with Crippen molar-refractivity contribution in [3.63, 3.8) is 0 Å². The van der Waals surface area contributed by atoms with E-state index in [0.29, 0.717) is 28.2 Å². The second kappa shape index (κ2) is 13.4. The fraction of sp³-hybridized carbons (Fsp3) is 0.106. The van der Waals surface area contributed by atoms with E-state index < -0.39 is 6.98 Å². The third-order valence-corrected chi connectivity index (χ3v) is 10.3. The predicted molar refractivity (Wildman–Crippen MR) is 216 cm³/mol. The molecule has 270 valence electrons. The summed E-state index contributed by atoms with van der Waals surface area (Å²) in [5, 5.41) is 2.11. The van der Waals surface area contributed by atoms with E-state index in [0.717, 1.165) is 55.5 Å². The number of aryl methyl sites for hydroxylation is 1. The first kappa shape index (κ1) is 31.4. The van der Waals surface area contributed by atoms with Gasteiger partial charge >= 0.3 is 0 Å². The number of benzene rings is 6. The zero-order valence-electron chi connectivity index (χ0n) is 33.3.